The zero-order chi connectivity index (χ0) is 14.9. The Bertz CT molecular complexity index is 502. The molecule has 0 spiro atoms. The molecule has 1 heterocycles. The van der Waals surface area contributed by atoms with Crippen molar-refractivity contribution in [2.75, 3.05) is 37.8 Å². The number of β-amino-alcohol motifs (C(OH)–C–C–N with tert-alkyl or cyclic N) is 1. The number of piperidine rings is 1. The standard InChI is InChI=1S/C15H23N3O2/c1-10-6-7-18(9-14(10)19)15(20)12-8-11(16)4-5-13(12)17(2)3/h4-5,8,10,14,19H,6-7,9,16H2,1-3H3. The summed E-state index contributed by atoms with van der Waals surface area (Å²) in [5.41, 5.74) is 7.82. The lowest BCUT2D eigenvalue weighted by Crippen LogP contribution is -2.46. The van der Waals surface area contributed by atoms with Gasteiger partial charge in [-0.2, -0.15) is 0 Å². The van der Waals surface area contributed by atoms with E-state index in [0.29, 0.717) is 24.3 Å². The lowest BCUT2D eigenvalue weighted by atomic mass is 9.95. The van der Waals surface area contributed by atoms with Gasteiger partial charge in [0.1, 0.15) is 0 Å². The molecule has 0 radical (unpaired) electrons. The van der Waals surface area contributed by atoms with Crippen molar-refractivity contribution >= 4 is 17.3 Å². The molecule has 5 nitrogen and oxygen atoms in total. The van der Waals surface area contributed by atoms with Gasteiger partial charge >= 0.3 is 0 Å². The van der Waals surface area contributed by atoms with Gasteiger partial charge in [0.25, 0.3) is 5.91 Å². The molecule has 1 aliphatic heterocycles. The molecule has 2 rings (SSSR count). The van der Waals surface area contributed by atoms with Gasteiger partial charge in [-0.15, -0.1) is 0 Å². The zero-order valence-corrected chi connectivity index (χ0v) is 12.3. The summed E-state index contributed by atoms with van der Waals surface area (Å²) in [6.07, 6.45) is 0.378. The Balaban J connectivity index is 2.27. The molecule has 1 saturated heterocycles. The van der Waals surface area contributed by atoms with Gasteiger partial charge in [-0.25, -0.2) is 0 Å². The number of likely N-dealkylation sites (tertiary alicyclic amines) is 1. The molecule has 2 unspecified atom stereocenters. The Labute approximate surface area is 120 Å². The molecule has 1 aliphatic rings. The van der Waals surface area contributed by atoms with Crippen molar-refractivity contribution in [1.29, 1.82) is 0 Å². The number of hydrogen-bond acceptors (Lipinski definition) is 4. The summed E-state index contributed by atoms with van der Waals surface area (Å²) in [6, 6.07) is 5.35. The van der Waals surface area contributed by atoms with Crippen LogP contribution in [0.25, 0.3) is 0 Å². The molecule has 20 heavy (non-hydrogen) atoms. The Morgan fingerprint density at radius 2 is 2.15 bits per heavy atom. The third kappa shape index (κ3) is 2.88. The lowest BCUT2D eigenvalue weighted by Gasteiger charge is -2.35. The van der Waals surface area contributed by atoms with Gasteiger partial charge in [-0.3, -0.25) is 4.79 Å². The largest absolute Gasteiger partial charge is 0.399 e. The molecule has 0 bridgehead atoms. The van der Waals surface area contributed by atoms with Crippen LogP contribution in [0.1, 0.15) is 23.7 Å². The Morgan fingerprint density at radius 1 is 1.45 bits per heavy atom. The van der Waals surface area contributed by atoms with Crippen LogP contribution in [-0.2, 0) is 0 Å². The minimum atomic E-state index is -0.448. The number of hydrogen-bond donors (Lipinski definition) is 2. The van der Waals surface area contributed by atoms with Crippen LogP contribution >= 0.6 is 0 Å². The van der Waals surface area contributed by atoms with E-state index in [1.54, 1.807) is 17.0 Å². The highest BCUT2D eigenvalue weighted by atomic mass is 16.3. The first-order chi connectivity index (χ1) is 9.40. The number of nitrogens with two attached hydrogens (primary N) is 1. The van der Waals surface area contributed by atoms with Crippen molar-refractivity contribution in [2.24, 2.45) is 5.92 Å². The lowest BCUT2D eigenvalue weighted by molar-refractivity contribution is 0.0249. The smallest absolute Gasteiger partial charge is 0.256 e. The van der Waals surface area contributed by atoms with Crippen LogP contribution in [-0.4, -0.2) is 49.2 Å². The summed E-state index contributed by atoms with van der Waals surface area (Å²) >= 11 is 0. The number of carbonyl (C=O) groups is 1. The summed E-state index contributed by atoms with van der Waals surface area (Å²) in [4.78, 5) is 16.3. The molecule has 1 amide bonds. The third-order valence-corrected chi connectivity index (χ3v) is 3.94. The van der Waals surface area contributed by atoms with Crippen LogP contribution in [0.5, 0.6) is 0 Å². The number of anilines is 2. The van der Waals surface area contributed by atoms with Crippen molar-refractivity contribution in [3.63, 3.8) is 0 Å². The highest BCUT2D eigenvalue weighted by Gasteiger charge is 2.29. The summed E-state index contributed by atoms with van der Waals surface area (Å²) < 4.78 is 0. The first-order valence-electron chi connectivity index (χ1n) is 6.94. The van der Waals surface area contributed by atoms with Crippen molar-refractivity contribution < 1.29 is 9.90 Å². The molecule has 1 aromatic carbocycles. The van der Waals surface area contributed by atoms with Gasteiger partial charge in [0, 0.05) is 38.6 Å². The highest BCUT2D eigenvalue weighted by molar-refractivity contribution is 6.00. The van der Waals surface area contributed by atoms with Gasteiger partial charge in [0.2, 0.25) is 0 Å². The van der Waals surface area contributed by atoms with Crippen LogP contribution < -0.4 is 10.6 Å². The van der Waals surface area contributed by atoms with Crippen LogP contribution in [0, 0.1) is 5.92 Å². The maximum atomic E-state index is 12.7. The summed E-state index contributed by atoms with van der Waals surface area (Å²) in [7, 11) is 3.80. The number of benzene rings is 1. The van der Waals surface area contributed by atoms with E-state index in [1.807, 2.05) is 32.0 Å². The second-order valence-electron chi connectivity index (χ2n) is 5.76. The molecule has 3 N–H and O–H groups in total. The Kier molecular flexibility index (Phi) is 4.18. The Morgan fingerprint density at radius 3 is 2.75 bits per heavy atom. The topological polar surface area (TPSA) is 69.8 Å². The van der Waals surface area contributed by atoms with Crippen LogP contribution in [0.15, 0.2) is 18.2 Å². The fraction of sp³-hybridized carbons (Fsp3) is 0.533. The van der Waals surface area contributed by atoms with Crippen LogP contribution in [0.4, 0.5) is 11.4 Å². The third-order valence-electron chi connectivity index (χ3n) is 3.94. The number of nitrogens with zero attached hydrogens (tertiary/aromatic N) is 2. The van der Waals surface area contributed by atoms with Crippen LogP contribution in [0.3, 0.4) is 0 Å². The molecule has 0 saturated carbocycles. The maximum absolute atomic E-state index is 12.7. The van der Waals surface area contributed by atoms with Gasteiger partial charge < -0.3 is 20.6 Å². The van der Waals surface area contributed by atoms with Gasteiger partial charge in [-0.05, 0) is 30.5 Å². The molecular weight excluding hydrogens is 254 g/mol. The number of aliphatic hydroxyl groups excluding tert-OH is 1. The molecular formula is C15H23N3O2. The van der Waals surface area contributed by atoms with Gasteiger partial charge in [0.15, 0.2) is 0 Å². The highest BCUT2D eigenvalue weighted by Crippen LogP contribution is 2.25. The quantitative estimate of drug-likeness (QED) is 0.796. The Hall–Kier alpha value is -1.75. The number of amides is 1. The van der Waals surface area contributed by atoms with E-state index >= 15 is 0 Å². The first-order valence-corrected chi connectivity index (χ1v) is 6.94. The van der Waals surface area contributed by atoms with E-state index in [4.69, 9.17) is 5.73 Å². The SMILES string of the molecule is CC1CCN(C(=O)c2cc(N)ccc2N(C)C)CC1O. The van der Waals surface area contributed by atoms with Crippen molar-refractivity contribution in [2.45, 2.75) is 19.4 Å². The molecule has 1 fully saturated rings. The maximum Gasteiger partial charge on any atom is 0.256 e. The molecule has 0 aliphatic carbocycles. The predicted octanol–water partition coefficient (Wildman–Crippen LogP) is 1.18. The summed E-state index contributed by atoms with van der Waals surface area (Å²) in [6.45, 7) is 3.08. The van der Waals surface area contributed by atoms with Gasteiger partial charge in [0.05, 0.1) is 11.7 Å². The van der Waals surface area contributed by atoms with Crippen molar-refractivity contribution in [3.8, 4) is 0 Å². The van der Waals surface area contributed by atoms with Crippen LogP contribution in [0.2, 0.25) is 0 Å². The molecule has 2 atom stereocenters. The van der Waals surface area contributed by atoms with E-state index < -0.39 is 6.10 Å². The van der Waals surface area contributed by atoms with E-state index in [-0.39, 0.29) is 11.8 Å². The number of rotatable bonds is 2. The average Bonchev–Trinajstić information content (AvgIpc) is 2.40. The fourth-order valence-corrected chi connectivity index (χ4v) is 2.52. The number of carbonyl (C=O) groups excluding carboxylic acids is 1. The van der Waals surface area contributed by atoms with E-state index in [2.05, 4.69) is 0 Å². The second-order valence-corrected chi connectivity index (χ2v) is 5.76. The number of nitrogen functional groups attached to an aromatic ring is 1. The monoisotopic (exact) mass is 277 g/mol. The molecule has 1 aromatic rings. The van der Waals surface area contributed by atoms with Crippen molar-refractivity contribution in [3.05, 3.63) is 23.8 Å². The van der Waals surface area contributed by atoms with Gasteiger partial charge in [-0.1, -0.05) is 6.92 Å². The van der Waals surface area contributed by atoms with E-state index in [1.165, 1.54) is 0 Å². The van der Waals surface area contributed by atoms with E-state index in [9.17, 15) is 9.90 Å². The second kappa shape index (κ2) is 5.71. The minimum Gasteiger partial charge on any atom is -0.399 e. The summed E-state index contributed by atoms with van der Waals surface area (Å²) in [5.74, 6) is 0.181. The zero-order valence-electron chi connectivity index (χ0n) is 12.3. The average molecular weight is 277 g/mol. The first kappa shape index (κ1) is 14.7. The predicted molar refractivity (Wildman–Crippen MR) is 80.9 cm³/mol. The van der Waals surface area contributed by atoms with E-state index in [0.717, 1.165) is 12.1 Å². The fourth-order valence-electron chi connectivity index (χ4n) is 2.52. The number of aliphatic hydroxyl groups is 1. The molecule has 110 valence electrons. The minimum absolute atomic E-state index is 0.0630. The molecule has 5 heteroatoms. The summed E-state index contributed by atoms with van der Waals surface area (Å²) in [5, 5.41) is 9.95. The molecule has 0 aromatic heterocycles. The van der Waals surface area contributed by atoms with Crippen molar-refractivity contribution in [1.82, 2.24) is 4.90 Å². The normalized spacial score (nSPS) is 22.7.